The molecule has 0 bridgehead atoms. The predicted molar refractivity (Wildman–Crippen MR) is 445 cm³/mol. The second-order valence-electron chi connectivity index (χ2n) is 23.0. The first kappa shape index (κ1) is 112. The van der Waals surface area contributed by atoms with Gasteiger partial charge in [0.05, 0.1) is 61.0 Å². The van der Waals surface area contributed by atoms with Crippen molar-refractivity contribution in [1.82, 2.24) is 25.3 Å². The predicted octanol–water partition coefficient (Wildman–Crippen LogP) is 11.5. The van der Waals surface area contributed by atoms with Crippen LogP contribution in [0.15, 0.2) is 111 Å². The number of rotatable bonds is 17. The molecular weight excluding hydrogens is 1680 g/mol. The average molecular weight is 1770 g/mol. The number of esters is 1. The third-order valence-corrected chi connectivity index (χ3v) is 17.6. The topological polar surface area (TPSA) is 478 Å². The van der Waals surface area contributed by atoms with E-state index in [0.29, 0.717) is 50.8 Å². The molecule has 4 heterocycles. The molecule has 0 aliphatic rings. The summed E-state index contributed by atoms with van der Waals surface area (Å²) in [7, 11) is 0.0327. The van der Waals surface area contributed by atoms with Gasteiger partial charge < -0.3 is 70.6 Å². The van der Waals surface area contributed by atoms with Crippen LogP contribution in [-0.4, -0.2) is 106 Å². The summed E-state index contributed by atoms with van der Waals surface area (Å²) in [6.07, 6.45) is -0.576. The number of amides is 4. The number of nitrogens with one attached hydrogen (secondary N) is 3. The van der Waals surface area contributed by atoms with Crippen molar-refractivity contribution in [2.75, 3.05) is 27.0 Å². The number of primary amides is 4. The molecular formula is C74H88Cl4KN14O16PS4. The van der Waals surface area contributed by atoms with E-state index < -0.39 is 78.6 Å². The number of aromatic nitrogens is 4. The second kappa shape index (κ2) is 57.5. The molecule has 4 unspecified atom stereocenters. The van der Waals surface area contributed by atoms with Gasteiger partial charge in [0, 0.05) is 16.2 Å². The Hall–Kier alpha value is -8.58. The molecule has 4 atom stereocenters. The summed E-state index contributed by atoms with van der Waals surface area (Å²) in [5, 5.41) is 25.7. The number of hydrogen-bond donors (Lipinski definition) is 9. The van der Waals surface area contributed by atoms with E-state index in [2.05, 4.69) is 101 Å². The van der Waals surface area contributed by atoms with Gasteiger partial charge in [-0.2, -0.15) is 13.7 Å². The zero-order valence-corrected chi connectivity index (χ0v) is 75.9. The largest absolute Gasteiger partial charge is 1.00 e. The van der Waals surface area contributed by atoms with E-state index in [1.165, 1.54) is 37.4 Å². The number of ketones is 1. The fourth-order valence-corrected chi connectivity index (χ4v) is 11.0. The van der Waals surface area contributed by atoms with Gasteiger partial charge in [0.2, 0.25) is 29.1 Å². The molecule has 4 aromatic heterocycles. The van der Waals surface area contributed by atoms with E-state index >= 15 is 0 Å². The van der Waals surface area contributed by atoms with Crippen LogP contribution >= 0.6 is 74.0 Å². The van der Waals surface area contributed by atoms with Crippen molar-refractivity contribution in [2.24, 2.45) is 28.9 Å². The molecule has 0 saturated carbocycles. The molecule has 7 aromatic rings. The number of ether oxygens (including phenoxy) is 1. The number of H-pyrrole nitrogens is 2. The fraction of sp³-hybridized carbons (Fsp3) is 0.324. The van der Waals surface area contributed by atoms with Crippen LogP contribution in [0.2, 0.25) is 5.15 Å². The van der Waals surface area contributed by atoms with Crippen LogP contribution in [0.1, 0.15) is 137 Å². The summed E-state index contributed by atoms with van der Waals surface area (Å²) in [5.41, 5.74) is 29.2. The third kappa shape index (κ3) is 43.2. The van der Waals surface area contributed by atoms with Crippen LogP contribution in [0.25, 0.3) is 19.4 Å². The third-order valence-electron chi connectivity index (χ3n) is 14.1. The number of nitrogens with two attached hydrogens (primary N) is 4. The van der Waals surface area contributed by atoms with E-state index in [1.807, 2.05) is 116 Å². The molecule has 0 aliphatic carbocycles. The van der Waals surface area contributed by atoms with Crippen LogP contribution in [0.5, 0.6) is 11.8 Å². The van der Waals surface area contributed by atoms with Gasteiger partial charge in [0.1, 0.15) is 33.8 Å². The molecule has 114 heavy (non-hydrogen) atoms. The summed E-state index contributed by atoms with van der Waals surface area (Å²) in [6, 6.07) is 28.5. The number of pyridine rings is 4. The van der Waals surface area contributed by atoms with Gasteiger partial charge >= 0.3 is 62.6 Å². The number of aromatic hydroxyl groups is 2. The molecule has 3 aromatic carbocycles. The van der Waals surface area contributed by atoms with Gasteiger partial charge in [-0.15, -0.1) is 0 Å². The van der Waals surface area contributed by atoms with Gasteiger partial charge in [-0.3, -0.25) is 52.1 Å². The van der Waals surface area contributed by atoms with Crippen molar-refractivity contribution >= 4 is 160 Å². The van der Waals surface area contributed by atoms with Crippen LogP contribution in [0.3, 0.4) is 0 Å². The summed E-state index contributed by atoms with van der Waals surface area (Å²) in [5.74, 6) is -3.64. The first-order valence-electron chi connectivity index (χ1n) is 32.4. The van der Waals surface area contributed by atoms with Gasteiger partial charge in [-0.05, 0) is 187 Å². The minimum Gasteiger partial charge on any atom is -0.742 e. The van der Waals surface area contributed by atoms with Crippen molar-refractivity contribution in [2.45, 2.75) is 136 Å². The van der Waals surface area contributed by atoms with Crippen molar-refractivity contribution in [1.29, 1.82) is 5.26 Å². The summed E-state index contributed by atoms with van der Waals surface area (Å²) in [4.78, 5) is 123. The Kier molecular flexibility index (Phi) is 56.3. The number of nitriles is 1. The minimum absolute atomic E-state index is 0. The first-order valence-corrected chi connectivity index (χ1v) is 41.2. The molecule has 4 amide bonds. The van der Waals surface area contributed by atoms with Crippen LogP contribution in [0.4, 0.5) is 22.7 Å². The van der Waals surface area contributed by atoms with Gasteiger partial charge in [0.15, 0.2) is 17.9 Å². The first-order chi connectivity index (χ1) is 52.4. The number of aromatic amines is 2. The normalized spacial score (nSPS) is 10.9. The van der Waals surface area contributed by atoms with Crippen molar-refractivity contribution < 1.29 is 117 Å². The molecule has 0 aliphatic heterocycles. The average Bonchev–Trinajstić information content (AvgIpc) is 0.821. The molecule has 0 spiro atoms. The standard InChI is InChI=1S/C19H21N3OS.C16H14ClN3OS.C9H11NO4S.2C8H8N2O2.C7H12O3.C3H4N2O.C2H7N.C2H4OS.Cl3OP.K/c1-11(2)15-16(21-5)12(3)13(4)19(22-15)24-17(18(20)23)14-9-7-6-8-10-14;1-9-10(2)16(20-14(17)12(9)19-3)22-13(15(18)21)11-7-5-4-6-8-11;1-15(12,13)14-8(9(10)11)7-5-3-2-4-6-7;2*1-4-5(2)7(11)10-8(12)6(4)9-3;1-4-10-7(9)5(2)6(3)8;4-2-1-3(5)6;1-3-2;1-2(3)4;1-5(2,3)4;/h6-11,17H,1-4H3,(H2,20,23);4-8,13H,1-2H3,(H2,18,21);2-6,8H,1H3,(H2,10,11);2*1-2H3,(H2,10,11,12);5H,4H2,1-3H3;1H2,(H2,5,6);3H,1-2H3;1H3,(H,3,4);;/q;;;;;;;;;;+1/p-1. The number of benzene rings is 3. The molecule has 13 N–H and O–H groups in total. The number of nitrogens with zero attached hydrogens (tertiary/aromatic N) is 7. The van der Waals surface area contributed by atoms with E-state index in [4.69, 9.17) is 75.5 Å². The number of hydrogen-bond acceptors (Lipinski definition) is 23. The van der Waals surface area contributed by atoms with Gasteiger partial charge in [0.25, 0.3) is 38.5 Å². The summed E-state index contributed by atoms with van der Waals surface area (Å²) < 4.78 is 40.5. The zero-order valence-electron chi connectivity index (χ0n) is 65.6. The van der Waals surface area contributed by atoms with Crippen LogP contribution in [0, 0.1) is 98.9 Å². The Labute approximate surface area is 739 Å². The Morgan fingerprint density at radius 3 is 1.20 bits per heavy atom. The molecule has 40 heteroatoms. The molecule has 608 valence electrons. The van der Waals surface area contributed by atoms with Gasteiger partial charge in [-0.1, -0.05) is 140 Å². The Bertz CT molecular complexity index is 4850. The number of thioether (sulfide) groups is 2. The molecule has 0 saturated heterocycles. The minimum atomic E-state index is -3.72. The fourth-order valence-electron chi connectivity index (χ4n) is 7.88. The Morgan fingerprint density at radius 1 is 0.623 bits per heavy atom. The maximum absolute atomic E-state index is 12.0. The van der Waals surface area contributed by atoms with Crippen molar-refractivity contribution in [3.63, 3.8) is 0 Å². The van der Waals surface area contributed by atoms with Crippen LogP contribution < -0.4 is 90.8 Å². The van der Waals surface area contributed by atoms with E-state index in [-0.39, 0.29) is 103 Å². The van der Waals surface area contributed by atoms with Crippen molar-refractivity contribution in [3.8, 4) is 17.8 Å². The number of Topliss-reactive ketones (excluding diaryl/α,β-unsaturated/α-hetero) is 1. The molecule has 7 rings (SSSR count). The number of carbonyl (C=O) groups excluding carboxylic acids is 7. The van der Waals surface area contributed by atoms with E-state index in [0.717, 1.165) is 50.4 Å². The van der Waals surface area contributed by atoms with Crippen LogP contribution in [-0.2, 0) is 69.8 Å². The number of carbonyl (C=O) groups is 7. The maximum atomic E-state index is 12.0. The monoisotopic (exact) mass is 1770 g/mol. The van der Waals surface area contributed by atoms with Crippen molar-refractivity contribution in [3.05, 3.63) is 229 Å². The smallest absolute Gasteiger partial charge is 0.742 e. The maximum Gasteiger partial charge on any atom is 1.00 e. The Morgan fingerprint density at radius 2 is 0.939 bits per heavy atom. The van der Waals surface area contributed by atoms with E-state index in [9.17, 15) is 56.1 Å². The molecule has 30 nitrogen and oxygen atoms in total. The number of halogens is 4. The quantitative estimate of drug-likeness (QED) is 0.00470. The summed E-state index contributed by atoms with van der Waals surface area (Å²) >= 11 is 26.5. The molecule has 0 fully saturated rings. The zero-order chi connectivity index (χ0) is 88.1. The summed E-state index contributed by atoms with van der Waals surface area (Å²) in [6.45, 7) is 52.5. The Balaban J connectivity index is -0.000000621. The SMILES string of the molecule is CC(=O)[S-].CCOC(=O)C(C)C(C)=O.CNC.CS(=O)(=O)OC(C(N)=O)c1ccccc1.N#CCC(N)=O.O=P(Cl)(Cl)Cl.[C-]#[N+]c1c(C(C)C)nc(SC(C(N)=O)c2ccccc2)c(C)c1C.[C-]#[N+]c1c(C)c(C)c(O)[nH]c1=O.[C-]#[N+]c1c(C)c(C)c(O)[nH]c1=O.[C-]#[N+]c1c(Cl)nc(SC(C(N)=O)c2ccccc2)c(C)c1C.[K+]. The second-order valence-corrected chi connectivity index (χ2v) is 34.4. The molecule has 0 radical (unpaired) electrons. The van der Waals surface area contributed by atoms with Gasteiger partial charge in [-0.25, -0.2) is 24.4 Å². The van der Waals surface area contributed by atoms with E-state index in [1.54, 1.807) is 77.9 Å².